The summed E-state index contributed by atoms with van der Waals surface area (Å²) in [6, 6.07) is 0. The van der Waals surface area contributed by atoms with Gasteiger partial charge in [0.05, 0.1) is 13.5 Å². The number of carbonyl (C=O) groups is 1. The Morgan fingerprint density at radius 2 is 1.45 bits per heavy atom. The Morgan fingerprint density at radius 1 is 0.900 bits per heavy atom. The van der Waals surface area contributed by atoms with Gasteiger partial charge < -0.3 is 14.5 Å². The fourth-order valence-corrected chi connectivity index (χ4v) is 2.70. The molecule has 0 aliphatic carbocycles. The minimum atomic E-state index is -0.0977. The molecule has 4 nitrogen and oxygen atoms in total. The van der Waals surface area contributed by atoms with Crippen molar-refractivity contribution in [1.82, 2.24) is 9.80 Å². The van der Waals surface area contributed by atoms with Crippen LogP contribution >= 0.6 is 0 Å². The molecule has 0 unspecified atom stereocenters. The number of piperazine rings is 1. The minimum absolute atomic E-state index is 0.0977. The zero-order chi connectivity index (χ0) is 14.6. The second-order valence-corrected chi connectivity index (χ2v) is 5.78. The zero-order valence-corrected chi connectivity index (χ0v) is 13.4. The molecule has 1 fully saturated rings. The van der Waals surface area contributed by atoms with Gasteiger partial charge in [0.25, 0.3) is 0 Å². The maximum Gasteiger partial charge on any atom is 0.306 e. The van der Waals surface area contributed by atoms with E-state index in [1.807, 2.05) is 0 Å². The van der Waals surface area contributed by atoms with Gasteiger partial charge in [0.15, 0.2) is 0 Å². The fourth-order valence-electron chi connectivity index (χ4n) is 2.70. The van der Waals surface area contributed by atoms with E-state index in [9.17, 15) is 4.79 Å². The average Bonchev–Trinajstić information content (AvgIpc) is 2.49. The summed E-state index contributed by atoms with van der Waals surface area (Å²) in [5, 5.41) is 0. The molecule has 0 aromatic heterocycles. The SMILES string of the molecule is CCCCCCCCN1CCN(CCC(=O)OC)CC1. The Balaban J connectivity index is 1.97. The summed E-state index contributed by atoms with van der Waals surface area (Å²) in [7, 11) is 1.46. The number of esters is 1. The van der Waals surface area contributed by atoms with Crippen molar-refractivity contribution in [3.63, 3.8) is 0 Å². The molecule has 0 N–H and O–H groups in total. The molecule has 0 amide bonds. The molecule has 0 atom stereocenters. The van der Waals surface area contributed by atoms with Crippen molar-refractivity contribution in [3.8, 4) is 0 Å². The minimum Gasteiger partial charge on any atom is -0.469 e. The first kappa shape index (κ1) is 17.4. The number of rotatable bonds is 10. The molecule has 0 spiro atoms. The predicted octanol–water partition coefficient (Wildman–Crippen LogP) is 2.53. The Labute approximate surface area is 124 Å². The first-order chi connectivity index (χ1) is 9.76. The number of nitrogens with zero attached hydrogens (tertiary/aromatic N) is 2. The van der Waals surface area contributed by atoms with Crippen molar-refractivity contribution < 1.29 is 9.53 Å². The Hall–Kier alpha value is -0.610. The van der Waals surface area contributed by atoms with Gasteiger partial charge in [-0.3, -0.25) is 4.79 Å². The highest BCUT2D eigenvalue weighted by Crippen LogP contribution is 2.08. The van der Waals surface area contributed by atoms with E-state index in [1.54, 1.807) is 0 Å². The van der Waals surface area contributed by atoms with Gasteiger partial charge in [-0.2, -0.15) is 0 Å². The molecule has 118 valence electrons. The van der Waals surface area contributed by atoms with E-state index >= 15 is 0 Å². The highest BCUT2D eigenvalue weighted by molar-refractivity contribution is 5.69. The lowest BCUT2D eigenvalue weighted by Crippen LogP contribution is -2.47. The molecule has 1 saturated heterocycles. The van der Waals surface area contributed by atoms with Crippen LogP contribution in [0.15, 0.2) is 0 Å². The maximum absolute atomic E-state index is 11.1. The van der Waals surface area contributed by atoms with Crippen molar-refractivity contribution in [2.24, 2.45) is 0 Å². The lowest BCUT2D eigenvalue weighted by Gasteiger charge is -2.34. The van der Waals surface area contributed by atoms with Gasteiger partial charge in [0.2, 0.25) is 0 Å². The van der Waals surface area contributed by atoms with E-state index in [0.717, 1.165) is 32.7 Å². The predicted molar refractivity (Wildman–Crippen MR) is 82.9 cm³/mol. The third-order valence-corrected chi connectivity index (χ3v) is 4.15. The fraction of sp³-hybridized carbons (Fsp3) is 0.938. The van der Waals surface area contributed by atoms with Crippen LogP contribution in [0.2, 0.25) is 0 Å². The molecule has 1 rings (SSSR count). The largest absolute Gasteiger partial charge is 0.469 e. The number of hydrogen-bond donors (Lipinski definition) is 0. The van der Waals surface area contributed by atoms with Gasteiger partial charge in [-0.25, -0.2) is 0 Å². The smallest absolute Gasteiger partial charge is 0.306 e. The van der Waals surface area contributed by atoms with Gasteiger partial charge in [0, 0.05) is 32.7 Å². The van der Waals surface area contributed by atoms with Crippen molar-refractivity contribution >= 4 is 5.97 Å². The molecular formula is C16H32N2O2. The Bertz CT molecular complexity index is 251. The Kier molecular flexibility index (Phi) is 9.67. The number of ether oxygens (including phenoxy) is 1. The topological polar surface area (TPSA) is 32.8 Å². The van der Waals surface area contributed by atoms with Crippen molar-refractivity contribution in [3.05, 3.63) is 0 Å². The average molecular weight is 284 g/mol. The van der Waals surface area contributed by atoms with Gasteiger partial charge >= 0.3 is 5.97 Å². The lowest BCUT2D eigenvalue weighted by atomic mass is 10.1. The van der Waals surface area contributed by atoms with Crippen molar-refractivity contribution in [2.75, 3.05) is 46.4 Å². The van der Waals surface area contributed by atoms with Gasteiger partial charge in [0.1, 0.15) is 0 Å². The number of hydrogen-bond acceptors (Lipinski definition) is 4. The molecule has 20 heavy (non-hydrogen) atoms. The standard InChI is InChI=1S/C16H32N2O2/c1-3-4-5-6-7-8-10-17-12-14-18(15-13-17)11-9-16(19)20-2/h3-15H2,1-2H3. The molecule has 1 aliphatic heterocycles. The third-order valence-electron chi connectivity index (χ3n) is 4.15. The highest BCUT2D eigenvalue weighted by Gasteiger charge is 2.16. The van der Waals surface area contributed by atoms with Crippen molar-refractivity contribution in [2.45, 2.75) is 51.9 Å². The molecule has 0 saturated carbocycles. The zero-order valence-electron chi connectivity index (χ0n) is 13.4. The number of methoxy groups -OCH3 is 1. The molecular weight excluding hydrogens is 252 g/mol. The normalized spacial score (nSPS) is 17.3. The molecule has 1 aliphatic rings. The first-order valence-electron chi connectivity index (χ1n) is 8.27. The van der Waals surface area contributed by atoms with Crippen LogP contribution in [0.4, 0.5) is 0 Å². The third kappa shape index (κ3) is 7.85. The van der Waals surface area contributed by atoms with E-state index in [-0.39, 0.29) is 5.97 Å². The second kappa shape index (κ2) is 11.1. The molecule has 4 heteroatoms. The quantitative estimate of drug-likeness (QED) is 0.456. The molecule has 0 radical (unpaired) electrons. The van der Waals surface area contributed by atoms with Crippen LogP contribution in [0.5, 0.6) is 0 Å². The maximum atomic E-state index is 11.1. The van der Waals surface area contributed by atoms with Gasteiger partial charge in [-0.15, -0.1) is 0 Å². The monoisotopic (exact) mass is 284 g/mol. The summed E-state index contributed by atoms with van der Waals surface area (Å²) in [6.45, 7) is 8.83. The molecule has 0 aromatic rings. The van der Waals surface area contributed by atoms with Crippen LogP contribution in [-0.4, -0.2) is 62.1 Å². The van der Waals surface area contributed by atoms with Crippen LogP contribution in [0, 0.1) is 0 Å². The summed E-state index contributed by atoms with van der Waals surface area (Å²) in [6.07, 6.45) is 8.75. The van der Waals surface area contributed by atoms with Crippen LogP contribution in [0.3, 0.4) is 0 Å². The van der Waals surface area contributed by atoms with E-state index < -0.39 is 0 Å². The lowest BCUT2D eigenvalue weighted by molar-refractivity contribution is -0.141. The number of unbranched alkanes of at least 4 members (excludes halogenated alkanes) is 5. The van der Waals surface area contributed by atoms with E-state index in [1.165, 1.54) is 52.2 Å². The first-order valence-corrected chi connectivity index (χ1v) is 8.27. The van der Waals surface area contributed by atoms with E-state index in [0.29, 0.717) is 6.42 Å². The summed E-state index contributed by atoms with van der Waals surface area (Å²) >= 11 is 0. The molecule has 0 aromatic carbocycles. The second-order valence-electron chi connectivity index (χ2n) is 5.78. The molecule has 0 bridgehead atoms. The van der Waals surface area contributed by atoms with Crippen LogP contribution in [0.25, 0.3) is 0 Å². The summed E-state index contributed by atoms with van der Waals surface area (Å²) < 4.78 is 4.68. The van der Waals surface area contributed by atoms with E-state index in [4.69, 9.17) is 0 Å². The number of carbonyl (C=O) groups excluding carboxylic acids is 1. The van der Waals surface area contributed by atoms with Crippen LogP contribution in [0.1, 0.15) is 51.9 Å². The molecule has 1 heterocycles. The summed E-state index contributed by atoms with van der Waals surface area (Å²) in [4.78, 5) is 16.0. The van der Waals surface area contributed by atoms with Crippen LogP contribution in [-0.2, 0) is 9.53 Å². The Morgan fingerprint density at radius 3 is 2.05 bits per heavy atom. The summed E-state index contributed by atoms with van der Waals surface area (Å²) in [5.74, 6) is -0.0977. The van der Waals surface area contributed by atoms with Gasteiger partial charge in [-0.1, -0.05) is 39.0 Å². The highest BCUT2D eigenvalue weighted by atomic mass is 16.5. The van der Waals surface area contributed by atoms with E-state index in [2.05, 4.69) is 21.5 Å². The van der Waals surface area contributed by atoms with Crippen LogP contribution < -0.4 is 0 Å². The summed E-state index contributed by atoms with van der Waals surface area (Å²) in [5.41, 5.74) is 0. The van der Waals surface area contributed by atoms with Crippen molar-refractivity contribution in [1.29, 1.82) is 0 Å². The van der Waals surface area contributed by atoms with Gasteiger partial charge in [-0.05, 0) is 13.0 Å².